The summed E-state index contributed by atoms with van der Waals surface area (Å²) in [5, 5.41) is 13.4. The van der Waals surface area contributed by atoms with Crippen LogP contribution in [-0.2, 0) is 0 Å². The number of nitriles is 1. The summed E-state index contributed by atoms with van der Waals surface area (Å²) < 4.78 is 0. The predicted molar refractivity (Wildman–Crippen MR) is 96.5 cm³/mol. The first kappa shape index (κ1) is 15.7. The van der Waals surface area contributed by atoms with Gasteiger partial charge >= 0.3 is 0 Å². The van der Waals surface area contributed by atoms with Crippen LogP contribution in [0.2, 0.25) is 0 Å². The van der Waals surface area contributed by atoms with Crippen molar-refractivity contribution in [3.63, 3.8) is 0 Å². The topological polar surface area (TPSA) is 49.6 Å². The zero-order chi connectivity index (χ0) is 16.2. The highest BCUT2D eigenvalue weighted by atomic mass is 32.2. The van der Waals surface area contributed by atoms with Crippen LogP contribution in [0.4, 0.5) is 0 Å². The molecular formula is C18H15N3S2. The van der Waals surface area contributed by atoms with Gasteiger partial charge in [0.2, 0.25) is 0 Å². The minimum atomic E-state index is 0.503. The second-order valence-electron chi connectivity index (χ2n) is 5.28. The van der Waals surface area contributed by atoms with Gasteiger partial charge in [-0.15, -0.1) is 23.1 Å². The maximum absolute atomic E-state index is 8.87. The van der Waals surface area contributed by atoms with Crippen LogP contribution >= 0.6 is 23.1 Å². The molecule has 0 spiro atoms. The summed E-state index contributed by atoms with van der Waals surface area (Å²) >= 11 is 3.37. The molecule has 1 aromatic carbocycles. The Morgan fingerprint density at radius 3 is 2.61 bits per heavy atom. The van der Waals surface area contributed by atoms with Crippen molar-refractivity contribution in [1.82, 2.24) is 9.97 Å². The highest BCUT2D eigenvalue weighted by Crippen LogP contribution is 2.31. The molecule has 3 aromatic rings. The van der Waals surface area contributed by atoms with E-state index in [1.165, 1.54) is 0 Å². The Labute approximate surface area is 144 Å². The molecule has 0 saturated carbocycles. The van der Waals surface area contributed by atoms with Crippen LogP contribution in [0.5, 0.6) is 0 Å². The maximum atomic E-state index is 8.87. The van der Waals surface area contributed by atoms with Crippen molar-refractivity contribution in [3.05, 3.63) is 53.5 Å². The van der Waals surface area contributed by atoms with Gasteiger partial charge in [-0.05, 0) is 24.3 Å². The minimum Gasteiger partial charge on any atom is -0.250 e. The Balaban J connectivity index is 1.88. The van der Waals surface area contributed by atoms with Gasteiger partial charge in [-0.2, -0.15) is 5.26 Å². The highest BCUT2D eigenvalue weighted by molar-refractivity contribution is 7.99. The third kappa shape index (κ3) is 3.79. The van der Waals surface area contributed by atoms with Crippen LogP contribution in [0.3, 0.4) is 0 Å². The van der Waals surface area contributed by atoms with Crippen LogP contribution < -0.4 is 0 Å². The SMILES string of the molecule is CC(C)Sc1cc(-c2nc(-c3ccc(C#N)cc3)cs2)ccn1. The smallest absolute Gasteiger partial charge is 0.124 e. The van der Waals surface area contributed by atoms with E-state index >= 15 is 0 Å². The van der Waals surface area contributed by atoms with Crippen LogP contribution in [0.1, 0.15) is 19.4 Å². The minimum absolute atomic E-state index is 0.503. The molecule has 3 nitrogen and oxygen atoms in total. The zero-order valence-electron chi connectivity index (χ0n) is 12.9. The number of hydrogen-bond acceptors (Lipinski definition) is 5. The largest absolute Gasteiger partial charge is 0.250 e. The van der Waals surface area contributed by atoms with Crippen molar-refractivity contribution in [3.8, 4) is 27.9 Å². The molecule has 0 saturated heterocycles. The Hall–Kier alpha value is -2.16. The zero-order valence-corrected chi connectivity index (χ0v) is 14.5. The number of pyridine rings is 1. The summed E-state index contributed by atoms with van der Waals surface area (Å²) in [6, 6.07) is 13.7. The summed E-state index contributed by atoms with van der Waals surface area (Å²) in [6.07, 6.45) is 1.84. The van der Waals surface area contributed by atoms with Gasteiger partial charge in [0.1, 0.15) is 5.01 Å². The van der Waals surface area contributed by atoms with E-state index in [0.29, 0.717) is 10.8 Å². The monoisotopic (exact) mass is 337 g/mol. The molecule has 2 heterocycles. The molecule has 0 N–H and O–H groups in total. The number of thioether (sulfide) groups is 1. The fourth-order valence-corrected chi connectivity index (χ4v) is 3.73. The van der Waals surface area contributed by atoms with Crippen molar-refractivity contribution >= 4 is 23.1 Å². The van der Waals surface area contributed by atoms with E-state index in [1.54, 1.807) is 23.1 Å². The number of benzene rings is 1. The molecule has 0 atom stereocenters. The summed E-state index contributed by atoms with van der Waals surface area (Å²) in [6.45, 7) is 4.32. The van der Waals surface area contributed by atoms with Gasteiger partial charge < -0.3 is 0 Å². The lowest BCUT2D eigenvalue weighted by Crippen LogP contribution is -1.89. The van der Waals surface area contributed by atoms with Crippen molar-refractivity contribution in [2.24, 2.45) is 0 Å². The fourth-order valence-electron chi connectivity index (χ4n) is 2.10. The summed E-state index contributed by atoms with van der Waals surface area (Å²) in [5.74, 6) is 0. The Kier molecular flexibility index (Phi) is 4.75. The Morgan fingerprint density at radius 2 is 1.91 bits per heavy atom. The molecule has 114 valence electrons. The van der Waals surface area contributed by atoms with E-state index in [-0.39, 0.29) is 0 Å². The normalized spacial score (nSPS) is 10.7. The summed E-state index contributed by atoms with van der Waals surface area (Å²) in [7, 11) is 0. The van der Waals surface area contributed by atoms with Gasteiger partial charge in [0.25, 0.3) is 0 Å². The van der Waals surface area contributed by atoms with Crippen LogP contribution in [0, 0.1) is 11.3 Å². The first-order chi connectivity index (χ1) is 11.2. The molecule has 0 aliphatic heterocycles. The second kappa shape index (κ2) is 6.95. The van der Waals surface area contributed by atoms with E-state index in [9.17, 15) is 0 Å². The molecule has 0 bridgehead atoms. The third-order valence-electron chi connectivity index (χ3n) is 3.15. The lowest BCUT2D eigenvalue weighted by molar-refractivity contribution is 1.07. The summed E-state index contributed by atoms with van der Waals surface area (Å²) in [5.41, 5.74) is 3.71. The molecule has 0 amide bonds. The lowest BCUT2D eigenvalue weighted by atomic mass is 10.1. The third-order valence-corrected chi connectivity index (χ3v) is 4.98. The van der Waals surface area contributed by atoms with Gasteiger partial charge in [-0.25, -0.2) is 9.97 Å². The number of nitrogens with zero attached hydrogens (tertiary/aromatic N) is 3. The average Bonchev–Trinajstić information content (AvgIpc) is 3.04. The van der Waals surface area contributed by atoms with E-state index in [2.05, 4.69) is 31.0 Å². The van der Waals surface area contributed by atoms with Gasteiger partial charge in [0, 0.05) is 28.0 Å². The average molecular weight is 337 g/mol. The van der Waals surface area contributed by atoms with Gasteiger partial charge in [0.05, 0.1) is 22.4 Å². The fraction of sp³-hybridized carbons (Fsp3) is 0.167. The standard InChI is InChI=1S/C18H15N3S2/c1-12(2)23-17-9-15(7-8-20-17)18-21-16(11-22-18)14-5-3-13(10-19)4-6-14/h3-9,11-12H,1-2H3. The molecule has 0 unspecified atom stereocenters. The first-order valence-electron chi connectivity index (χ1n) is 7.25. The van der Waals surface area contributed by atoms with Crippen LogP contribution in [-0.4, -0.2) is 15.2 Å². The number of hydrogen-bond donors (Lipinski definition) is 0. The van der Waals surface area contributed by atoms with Crippen LogP contribution in [0.25, 0.3) is 21.8 Å². The van der Waals surface area contributed by atoms with Gasteiger partial charge in [0.15, 0.2) is 0 Å². The molecule has 0 aliphatic carbocycles. The van der Waals surface area contributed by atoms with Gasteiger partial charge in [-0.1, -0.05) is 26.0 Å². The van der Waals surface area contributed by atoms with Crippen molar-refractivity contribution in [2.45, 2.75) is 24.1 Å². The Morgan fingerprint density at radius 1 is 1.13 bits per heavy atom. The van der Waals surface area contributed by atoms with E-state index in [1.807, 2.05) is 41.9 Å². The van der Waals surface area contributed by atoms with E-state index in [0.717, 1.165) is 26.9 Å². The van der Waals surface area contributed by atoms with Gasteiger partial charge in [-0.3, -0.25) is 0 Å². The quantitative estimate of drug-likeness (QED) is 0.611. The number of rotatable bonds is 4. The molecule has 23 heavy (non-hydrogen) atoms. The summed E-state index contributed by atoms with van der Waals surface area (Å²) in [4.78, 5) is 9.12. The van der Waals surface area contributed by atoms with E-state index < -0.39 is 0 Å². The van der Waals surface area contributed by atoms with Crippen molar-refractivity contribution in [2.75, 3.05) is 0 Å². The van der Waals surface area contributed by atoms with E-state index in [4.69, 9.17) is 10.2 Å². The molecule has 0 fully saturated rings. The Bertz CT molecular complexity index is 845. The van der Waals surface area contributed by atoms with Crippen molar-refractivity contribution < 1.29 is 0 Å². The molecule has 2 aromatic heterocycles. The molecule has 5 heteroatoms. The van der Waals surface area contributed by atoms with Crippen LogP contribution in [0.15, 0.2) is 53.0 Å². The number of thiazole rings is 1. The molecular weight excluding hydrogens is 322 g/mol. The molecule has 0 aliphatic rings. The molecule has 0 radical (unpaired) electrons. The lowest BCUT2D eigenvalue weighted by Gasteiger charge is -2.04. The predicted octanol–water partition coefficient (Wildman–Crippen LogP) is 5.24. The number of aromatic nitrogens is 2. The highest BCUT2D eigenvalue weighted by Gasteiger charge is 2.09. The maximum Gasteiger partial charge on any atom is 0.124 e. The van der Waals surface area contributed by atoms with Crippen molar-refractivity contribution in [1.29, 1.82) is 5.26 Å². The second-order valence-corrected chi connectivity index (χ2v) is 7.73. The first-order valence-corrected chi connectivity index (χ1v) is 9.01. The molecule has 3 rings (SSSR count).